The molecule has 0 spiro atoms. The fourth-order valence-corrected chi connectivity index (χ4v) is 6.30. The summed E-state index contributed by atoms with van der Waals surface area (Å²) in [7, 11) is -1.94. The number of carbonyl (C=O) groups excluding carboxylic acids is 2. The number of nitrogens with one attached hydrogen (secondary N) is 1. The molecule has 220 valence electrons. The summed E-state index contributed by atoms with van der Waals surface area (Å²) < 4.78 is 31.9. The summed E-state index contributed by atoms with van der Waals surface area (Å²) in [5.41, 5.74) is 2.57. The SMILES string of the molecule is CCc1ccc(N(CCCC(=O)N(Cc2cccc(OC)c2)[C@H](CC)C(=O)NC2CCCCC2)S(C)(=O)=O)cc1. The van der Waals surface area contributed by atoms with Crippen molar-refractivity contribution in [2.24, 2.45) is 0 Å². The quantitative estimate of drug-likeness (QED) is 0.342. The first-order valence-electron chi connectivity index (χ1n) is 14.5. The minimum absolute atomic E-state index is 0.121. The molecule has 0 aliphatic heterocycles. The van der Waals surface area contributed by atoms with Crippen LogP contribution in [0.25, 0.3) is 0 Å². The van der Waals surface area contributed by atoms with E-state index in [0.717, 1.165) is 43.2 Å². The number of hydrogen-bond donors (Lipinski definition) is 1. The predicted octanol–water partition coefficient (Wildman–Crippen LogP) is 5.06. The molecule has 40 heavy (non-hydrogen) atoms. The van der Waals surface area contributed by atoms with E-state index < -0.39 is 16.1 Å². The van der Waals surface area contributed by atoms with Crippen LogP contribution in [0.3, 0.4) is 0 Å². The van der Waals surface area contributed by atoms with Crippen LogP contribution < -0.4 is 14.4 Å². The summed E-state index contributed by atoms with van der Waals surface area (Å²) in [6.07, 6.45) is 8.30. The fourth-order valence-electron chi connectivity index (χ4n) is 5.33. The molecule has 1 saturated carbocycles. The lowest BCUT2D eigenvalue weighted by molar-refractivity contribution is -0.141. The lowest BCUT2D eigenvalue weighted by Gasteiger charge is -2.33. The largest absolute Gasteiger partial charge is 0.497 e. The first-order chi connectivity index (χ1) is 19.2. The maximum Gasteiger partial charge on any atom is 0.243 e. The highest BCUT2D eigenvalue weighted by Crippen LogP contribution is 2.22. The highest BCUT2D eigenvalue weighted by Gasteiger charge is 2.30. The van der Waals surface area contributed by atoms with E-state index in [-0.39, 0.29) is 37.4 Å². The van der Waals surface area contributed by atoms with Gasteiger partial charge in [0.05, 0.1) is 19.1 Å². The molecule has 3 rings (SSSR count). The summed E-state index contributed by atoms with van der Waals surface area (Å²) in [4.78, 5) is 28.8. The normalized spacial score (nSPS) is 14.8. The van der Waals surface area contributed by atoms with Crippen molar-refractivity contribution in [2.75, 3.05) is 24.2 Å². The molecule has 2 amide bonds. The van der Waals surface area contributed by atoms with Crippen LogP contribution in [0.2, 0.25) is 0 Å². The standard InChI is InChI=1S/C31H45N3O5S/c1-5-24-17-19-27(20-18-24)34(40(4,37)38)21-11-16-30(35)33(23-25-12-10-15-28(22-25)39-3)29(6-2)31(36)32-26-13-8-7-9-14-26/h10,12,15,17-20,22,26,29H,5-9,11,13-14,16,21,23H2,1-4H3,(H,32,36)/t29-/m1/s1. The number of sulfonamides is 1. The second-order valence-corrected chi connectivity index (χ2v) is 12.5. The van der Waals surface area contributed by atoms with Gasteiger partial charge in [-0.05, 0) is 67.5 Å². The Morgan fingerprint density at radius 1 is 1.02 bits per heavy atom. The van der Waals surface area contributed by atoms with Crippen LogP contribution in [0.1, 0.15) is 76.3 Å². The lowest BCUT2D eigenvalue weighted by Crippen LogP contribution is -2.51. The van der Waals surface area contributed by atoms with Gasteiger partial charge in [-0.1, -0.05) is 57.4 Å². The van der Waals surface area contributed by atoms with E-state index >= 15 is 0 Å². The van der Waals surface area contributed by atoms with Gasteiger partial charge < -0.3 is 15.0 Å². The van der Waals surface area contributed by atoms with Gasteiger partial charge in [0.25, 0.3) is 0 Å². The molecule has 0 saturated heterocycles. The highest BCUT2D eigenvalue weighted by atomic mass is 32.2. The fraction of sp³-hybridized carbons (Fsp3) is 0.548. The molecule has 9 heteroatoms. The van der Waals surface area contributed by atoms with Crippen LogP contribution in [-0.4, -0.2) is 57.1 Å². The maximum atomic E-state index is 13.7. The second-order valence-electron chi connectivity index (χ2n) is 10.6. The summed E-state index contributed by atoms with van der Waals surface area (Å²) >= 11 is 0. The Hall–Kier alpha value is -3.07. The van der Waals surface area contributed by atoms with Crippen molar-refractivity contribution < 1.29 is 22.7 Å². The first-order valence-corrected chi connectivity index (χ1v) is 16.3. The van der Waals surface area contributed by atoms with Crippen LogP contribution >= 0.6 is 0 Å². The average Bonchev–Trinajstić information content (AvgIpc) is 2.95. The Morgan fingerprint density at radius 3 is 2.33 bits per heavy atom. The van der Waals surface area contributed by atoms with Crippen molar-refractivity contribution in [1.82, 2.24) is 10.2 Å². The zero-order chi connectivity index (χ0) is 29.1. The van der Waals surface area contributed by atoms with Crippen LogP contribution in [-0.2, 0) is 32.6 Å². The molecule has 0 radical (unpaired) electrons. The molecule has 8 nitrogen and oxygen atoms in total. The summed E-state index contributed by atoms with van der Waals surface area (Å²) in [5, 5.41) is 3.19. The molecular weight excluding hydrogens is 526 g/mol. The van der Waals surface area contributed by atoms with Gasteiger partial charge in [-0.15, -0.1) is 0 Å². The molecule has 2 aromatic rings. The van der Waals surface area contributed by atoms with E-state index in [1.807, 2.05) is 50.2 Å². The predicted molar refractivity (Wildman–Crippen MR) is 160 cm³/mol. The minimum atomic E-state index is -3.53. The monoisotopic (exact) mass is 571 g/mol. The van der Waals surface area contributed by atoms with Crippen molar-refractivity contribution in [3.05, 3.63) is 59.7 Å². The Bertz CT molecular complexity index is 1210. The van der Waals surface area contributed by atoms with E-state index in [9.17, 15) is 18.0 Å². The van der Waals surface area contributed by atoms with Crippen LogP contribution in [0, 0.1) is 0 Å². The van der Waals surface area contributed by atoms with Gasteiger partial charge in [0.2, 0.25) is 21.8 Å². The number of ether oxygens (including phenoxy) is 1. The topological polar surface area (TPSA) is 96.0 Å². The highest BCUT2D eigenvalue weighted by molar-refractivity contribution is 7.92. The number of nitrogens with zero attached hydrogens (tertiary/aromatic N) is 2. The number of carbonyl (C=O) groups is 2. The summed E-state index contributed by atoms with van der Waals surface area (Å²) in [6, 6.07) is 14.5. The van der Waals surface area contributed by atoms with Gasteiger partial charge >= 0.3 is 0 Å². The van der Waals surface area contributed by atoms with Gasteiger partial charge in [-0.2, -0.15) is 0 Å². The number of anilines is 1. The third kappa shape index (κ3) is 8.98. The Balaban J connectivity index is 1.76. The van der Waals surface area contributed by atoms with Crippen LogP contribution in [0.4, 0.5) is 5.69 Å². The first kappa shape index (κ1) is 31.5. The van der Waals surface area contributed by atoms with Crippen molar-refractivity contribution in [1.29, 1.82) is 0 Å². The molecule has 1 N–H and O–H groups in total. The number of methoxy groups -OCH3 is 1. The van der Waals surface area contributed by atoms with E-state index in [2.05, 4.69) is 5.32 Å². The Labute approximate surface area is 240 Å². The minimum Gasteiger partial charge on any atom is -0.497 e. The molecule has 0 bridgehead atoms. The third-order valence-electron chi connectivity index (χ3n) is 7.61. The number of amides is 2. The zero-order valence-corrected chi connectivity index (χ0v) is 25.2. The number of hydrogen-bond acceptors (Lipinski definition) is 5. The average molecular weight is 572 g/mol. The molecule has 0 aromatic heterocycles. The van der Waals surface area contributed by atoms with E-state index in [1.54, 1.807) is 24.1 Å². The molecule has 1 aliphatic rings. The molecule has 2 aromatic carbocycles. The molecule has 1 atom stereocenters. The van der Waals surface area contributed by atoms with Crippen LogP contribution in [0.5, 0.6) is 5.75 Å². The van der Waals surface area contributed by atoms with E-state index in [4.69, 9.17) is 4.74 Å². The second kappa shape index (κ2) is 15.1. The molecule has 0 heterocycles. The molecular formula is C31H45N3O5S. The van der Waals surface area contributed by atoms with Crippen molar-refractivity contribution in [2.45, 2.75) is 90.3 Å². The molecule has 0 unspecified atom stereocenters. The summed E-state index contributed by atoms with van der Waals surface area (Å²) in [6.45, 7) is 4.41. The van der Waals surface area contributed by atoms with Crippen LogP contribution in [0.15, 0.2) is 48.5 Å². The number of rotatable bonds is 14. The van der Waals surface area contributed by atoms with Crippen molar-refractivity contribution in [3.8, 4) is 5.75 Å². The van der Waals surface area contributed by atoms with Crippen molar-refractivity contribution in [3.63, 3.8) is 0 Å². The van der Waals surface area contributed by atoms with E-state index in [0.29, 0.717) is 24.3 Å². The van der Waals surface area contributed by atoms with Crippen molar-refractivity contribution >= 4 is 27.5 Å². The maximum absolute atomic E-state index is 13.7. The van der Waals surface area contributed by atoms with Gasteiger partial charge in [-0.25, -0.2) is 8.42 Å². The third-order valence-corrected chi connectivity index (χ3v) is 8.80. The van der Waals surface area contributed by atoms with Gasteiger partial charge in [0.1, 0.15) is 11.8 Å². The molecule has 1 fully saturated rings. The molecule has 1 aliphatic carbocycles. The van der Waals surface area contributed by atoms with Gasteiger partial charge in [0, 0.05) is 25.6 Å². The Kier molecular flexibility index (Phi) is 11.9. The lowest BCUT2D eigenvalue weighted by atomic mass is 9.95. The van der Waals surface area contributed by atoms with Gasteiger partial charge in [0.15, 0.2) is 0 Å². The Morgan fingerprint density at radius 2 is 1.73 bits per heavy atom. The number of aryl methyl sites for hydroxylation is 1. The van der Waals surface area contributed by atoms with E-state index in [1.165, 1.54) is 17.0 Å². The smallest absolute Gasteiger partial charge is 0.243 e. The zero-order valence-electron chi connectivity index (χ0n) is 24.4. The van der Waals surface area contributed by atoms with Gasteiger partial charge in [-0.3, -0.25) is 13.9 Å². The summed E-state index contributed by atoms with van der Waals surface area (Å²) in [5.74, 6) is 0.380. The number of benzene rings is 2.